The third kappa shape index (κ3) is 2.81. The Morgan fingerprint density at radius 2 is 2.19 bits per heavy atom. The lowest BCUT2D eigenvalue weighted by Crippen LogP contribution is -2.17. The van der Waals surface area contributed by atoms with Gasteiger partial charge >= 0.3 is 5.97 Å². The second-order valence-electron chi connectivity index (χ2n) is 5.38. The van der Waals surface area contributed by atoms with Crippen LogP contribution in [0.4, 0.5) is 0 Å². The highest BCUT2D eigenvalue weighted by atomic mass is 79.9. The van der Waals surface area contributed by atoms with Gasteiger partial charge in [-0.15, -0.1) is 0 Å². The van der Waals surface area contributed by atoms with Crippen LogP contribution in [0, 0.1) is 5.92 Å². The van der Waals surface area contributed by atoms with Crippen LogP contribution in [-0.4, -0.2) is 31.4 Å². The highest BCUT2D eigenvalue weighted by molar-refractivity contribution is 9.10. The topological polar surface area (TPSA) is 65.0 Å². The molecule has 0 aromatic heterocycles. The molecule has 1 aromatic carbocycles. The molecule has 6 heteroatoms. The van der Waals surface area contributed by atoms with E-state index in [0.29, 0.717) is 40.9 Å². The molecule has 0 radical (unpaired) electrons. The van der Waals surface area contributed by atoms with Gasteiger partial charge < -0.3 is 19.3 Å². The number of hydrogen-bond acceptors (Lipinski definition) is 4. The molecule has 1 heterocycles. The van der Waals surface area contributed by atoms with Crippen molar-refractivity contribution >= 4 is 21.9 Å². The molecule has 1 N–H and O–H groups in total. The standard InChI is InChI=1S/C15H17BrO5/c1-19-14-10(9(7-12(17)18)8-2-3-8)6-11-15(13(14)16)21-5-4-20-11/h6,8-9H,2-5,7H2,1H3,(H,17,18). The van der Waals surface area contributed by atoms with E-state index in [1.165, 1.54) is 0 Å². The number of carboxylic acids is 1. The van der Waals surface area contributed by atoms with Crippen LogP contribution in [0.2, 0.25) is 0 Å². The molecule has 2 aliphatic rings. The van der Waals surface area contributed by atoms with Crippen molar-refractivity contribution in [2.75, 3.05) is 20.3 Å². The molecule has 1 unspecified atom stereocenters. The van der Waals surface area contributed by atoms with Crippen LogP contribution in [0.15, 0.2) is 10.5 Å². The zero-order chi connectivity index (χ0) is 15.0. The average molecular weight is 357 g/mol. The SMILES string of the molecule is COc1c(C(CC(=O)O)C2CC2)cc2c(c1Br)OCCO2. The Morgan fingerprint density at radius 1 is 1.48 bits per heavy atom. The van der Waals surface area contributed by atoms with Crippen LogP contribution < -0.4 is 14.2 Å². The molecule has 0 bridgehead atoms. The number of fused-ring (bicyclic) bond motifs is 1. The highest BCUT2D eigenvalue weighted by Gasteiger charge is 2.37. The first-order chi connectivity index (χ1) is 10.1. The quantitative estimate of drug-likeness (QED) is 0.877. The van der Waals surface area contributed by atoms with Crippen LogP contribution in [-0.2, 0) is 4.79 Å². The maximum atomic E-state index is 11.2. The lowest BCUT2D eigenvalue weighted by atomic mass is 9.90. The zero-order valence-electron chi connectivity index (χ0n) is 11.7. The van der Waals surface area contributed by atoms with E-state index in [2.05, 4.69) is 15.9 Å². The number of halogens is 1. The van der Waals surface area contributed by atoms with Crippen molar-refractivity contribution in [3.63, 3.8) is 0 Å². The second-order valence-corrected chi connectivity index (χ2v) is 6.17. The molecule has 1 aliphatic carbocycles. The predicted octanol–water partition coefficient (Wildman–Crippen LogP) is 3.20. The average Bonchev–Trinajstić information content (AvgIpc) is 3.29. The summed E-state index contributed by atoms with van der Waals surface area (Å²) in [6, 6.07) is 1.88. The van der Waals surface area contributed by atoms with Crippen LogP contribution in [0.5, 0.6) is 17.2 Å². The van der Waals surface area contributed by atoms with Gasteiger partial charge in [-0.3, -0.25) is 4.79 Å². The van der Waals surface area contributed by atoms with E-state index in [0.717, 1.165) is 18.4 Å². The first kappa shape index (κ1) is 14.5. The number of aliphatic carboxylic acids is 1. The van der Waals surface area contributed by atoms with Gasteiger partial charge in [-0.25, -0.2) is 0 Å². The normalized spacial score (nSPS) is 18.2. The summed E-state index contributed by atoms with van der Waals surface area (Å²) in [7, 11) is 1.59. The maximum absolute atomic E-state index is 11.2. The van der Waals surface area contributed by atoms with E-state index in [9.17, 15) is 9.90 Å². The fourth-order valence-electron chi connectivity index (χ4n) is 2.85. The lowest BCUT2D eigenvalue weighted by molar-refractivity contribution is -0.137. The minimum absolute atomic E-state index is 0.0513. The summed E-state index contributed by atoms with van der Waals surface area (Å²) in [6.45, 7) is 0.994. The fourth-order valence-corrected chi connectivity index (χ4v) is 3.55. The Kier molecular flexibility index (Phi) is 3.97. The number of ether oxygens (including phenoxy) is 3. The third-order valence-electron chi connectivity index (χ3n) is 3.95. The highest BCUT2D eigenvalue weighted by Crippen LogP contribution is 2.53. The fraction of sp³-hybridized carbons (Fsp3) is 0.533. The molecule has 5 nitrogen and oxygen atoms in total. The number of rotatable bonds is 5. The first-order valence-electron chi connectivity index (χ1n) is 6.99. The van der Waals surface area contributed by atoms with E-state index in [1.54, 1.807) is 7.11 Å². The van der Waals surface area contributed by atoms with Crippen LogP contribution >= 0.6 is 15.9 Å². The van der Waals surface area contributed by atoms with E-state index in [1.807, 2.05) is 6.07 Å². The predicted molar refractivity (Wildman–Crippen MR) is 79.4 cm³/mol. The monoisotopic (exact) mass is 356 g/mol. The number of carboxylic acid groups (broad SMARTS) is 1. The van der Waals surface area contributed by atoms with Crippen LogP contribution in [0.3, 0.4) is 0 Å². The first-order valence-corrected chi connectivity index (χ1v) is 7.79. The molecule has 1 saturated carbocycles. The van der Waals surface area contributed by atoms with Gasteiger partial charge in [0.15, 0.2) is 11.5 Å². The Bertz CT molecular complexity index is 568. The van der Waals surface area contributed by atoms with Crippen molar-refractivity contribution in [3.8, 4) is 17.2 Å². The van der Waals surface area contributed by atoms with E-state index in [-0.39, 0.29) is 12.3 Å². The summed E-state index contributed by atoms with van der Waals surface area (Å²) in [5.41, 5.74) is 0.888. The summed E-state index contributed by atoms with van der Waals surface area (Å²) < 4.78 is 17.5. The molecular formula is C15H17BrO5. The molecule has 0 spiro atoms. The molecule has 0 saturated heterocycles. The zero-order valence-corrected chi connectivity index (χ0v) is 13.3. The summed E-state index contributed by atoms with van der Waals surface area (Å²) in [6.07, 6.45) is 2.23. The maximum Gasteiger partial charge on any atom is 0.303 e. The minimum atomic E-state index is -0.792. The Labute approximate surface area is 131 Å². The Morgan fingerprint density at radius 3 is 2.81 bits per heavy atom. The molecule has 0 amide bonds. The van der Waals surface area contributed by atoms with Crippen molar-refractivity contribution in [3.05, 3.63) is 16.1 Å². The van der Waals surface area contributed by atoms with Crippen LogP contribution in [0.25, 0.3) is 0 Å². The van der Waals surface area contributed by atoms with Gasteiger partial charge in [0, 0.05) is 11.5 Å². The molecule has 1 atom stereocenters. The van der Waals surface area contributed by atoms with Crippen molar-refractivity contribution in [1.82, 2.24) is 0 Å². The molecule has 114 valence electrons. The molecular weight excluding hydrogens is 340 g/mol. The summed E-state index contributed by atoms with van der Waals surface area (Å²) in [4.78, 5) is 11.2. The van der Waals surface area contributed by atoms with Gasteiger partial charge in [0.25, 0.3) is 0 Å². The van der Waals surface area contributed by atoms with E-state index in [4.69, 9.17) is 14.2 Å². The second kappa shape index (κ2) is 5.75. The van der Waals surface area contributed by atoms with Crippen molar-refractivity contribution in [2.24, 2.45) is 5.92 Å². The summed E-state index contributed by atoms with van der Waals surface area (Å²) >= 11 is 3.50. The number of hydrogen-bond donors (Lipinski definition) is 1. The summed E-state index contributed by atoms with van der Waals surface area (Å²) in [5, 5.41) is 9.18. The van der Waals surface area contributed by atoms with Crippen molar-refractivity contribution in [1.29, 1.82) is 0 Å². The van der Waals surface area contributed by atoms with Gasteiger partial charge in [-0.1, -0.05) is 0 Å². The smallest absolute Gasteiger partial charge is 0.303 e. The van der Waals surface area contributed by atoms with Gasteiger partial charge in [-0.2, -0.15) is 0 Å². The lowest BCUT2D eigenvalue weighted by Gasteiger charge is -2.25. The van der Waals surface area contributed by atoms with E-state index >= 15 is 0 Å². The van der Waals surface area contributed by atoms with Gasteiger partial charge in [0.05, 0.1) is 13.5 Å². The van der Waals surface area contributed by atoms with Crippen LogP contribution in [0.1, 0.15) is 30.7 Å². The number of benzene rings is 1. The Balaban J connectivity index is 2.07. The van der Waals surface area contributed by atoms with Crippen molar-refractivity contribution in [2.45, 2.75) is 25.2 Å². The molecule has 1 fully saturated rings. The van der Waals surface area contributed by atoms with Gasteiger partial charge in [-0.05, 0) is 40.8 Å². The van der Waals surface area contributed by atoms with E-state index < -0.39 is 5.97 Å². The summed E-state index contributed by atoms with van der Waals surface area (Å²) in [5.74, 6) is 1.50. The molecule has 1 aliphatic heterocycles. The Hall–Kier alpha value is -1.43. The number of methoxy groups -OCH3 is 1. The molecule has 21 heavy (non-hydrogen) atoms. The third-order valence-corrected chi connectivity index (χ3v) is 4.67. The minimum Gasteiger partial charge on any atom is -0.495 e. The largest absolute Gasteiger partial charge is 0.495 e. The van der Waals surface area contributed by atoms with Gasteiger partial charge in [0.1, 0.15) is 23.4 Å². The van der Waals surface area contributed by atoms with Gasteiger partial charge in [0.2, 0.25) is 0 Å². The molecule has 3 rings (SSSR count). The molecule has 1 aromatic rings. The number of carbonyl (C=O) groups is 1. The van der Waals surface area contributed by atoms with Crippen molar-refractivity contribution < 1.29 is 24.1 Å².